The summed E-state index contributed by atoms with van der Waals surface area (Å²) in [5, 5.41) is 5.16. The number of amides is 3. The Kier molecular flexibility index (Phi) is 8.50. The van der Waals surface area contributed by atoms with Gasteiger partial charge in [-0.1, -0.05) is 11.6 Å². The average molecular weight is 359 g/mol. The third-order valence-electron chi connectivity index (χ3n) is 2.64. The summed E-state index contributed by atoms with van der Waals surface area (Å²) < 4.78 is 4.98. The number of ether oxygens (including phenoxy) is 1. The standard InChI is InChI=1S/C15H19ClN2O4S/c1-3-17-15(21)18-14(20)10(2)22-13(19)8-9-23-12-6-4-11(16)5-7-12/h4-7,10H,3,8-9H2,1-2H3,(H2,17,18,20,21)/t10-/m1/s1. The Morgan fingerprint density at radius 2 is 1.91 bits per heavy atom. The minimum absolute atomic E-state index is 0.159. The molecule has 0 heterocycles. The van der Waals surface area contributed by atoms with E-state index in [0.29, 0.717) is 17.3 Å². The summed E-state index contributed by atoms with van der Waals surface area (Å²) in [7, 11) is 0. The minimum Gasteiger partial charge on any atom is -0.453 e. The molecule has 0 aliphatic heterocycles. The van der Waals surface area contributed by atoms with Gasteiger partial charge in [0.15, 0.2) is 6.10 Å². The first kappa shape index (κ1) is 19.3. The Bertz CT molecular complexity index is 551. The zero-order valence-corrected chi connectivity index (χ0v) is 14.5. The molecule has 8 heteroatoms. The first-order valence-corrected chi connectivity index (χ1v) is 8.45. The summed E-state index contributed by atoms with van der Waals surface area (Å²) in [6.45, 7) is 3.54. The Labute approximate surface area is 144 Å². The average Bonchev–Trinajstić information content (AvgIpc) is 2.49. The summed E-state index contributed by atoms with van der Waals surface area (Å²) in [6.07, 6.45) is -0.864. The Hall–Kier alpha value is -1.73. The summed E-state index contributed by atoms with van der Waals surface area (Å²) >= 11 is 7.28. The molecule has 0 bridgehead atoms. The van der Waals surface area contributed by atoms with E-state index in [1.165, 1.54) is 18.7 Å². The Morgan fingerprint density at radius 1 is 1.26 bits per heavy atom. The van der Waals surface area contributed by atoms with Crippen molar-refractivity contribution in [3.05, 3.63) is 29.3 Å². The van der Waals surface area contributed by atoms with Gasteiger partial charge in [0.05, 0.1) is 6.42 Å². The van der Waals surface area contributed by atoms with Crippen molar-refractivity contribution in [3.63, 3.8) is 0 Å². The number of rotatable bonds is 7. The Balaban J connectivity index is 2.28. The highest BCUT2D eigenvalue weighted by Gasteiger charge is 2.19. The van der Waals surface area contributed by atoms with E-state index in [9.17, 15) is 14.4 Å². The predicted octanol–water partition coefficient (Wildman–Crippen LogP) is 2.60. The fraction of sp³-hybridized carbons (Fsp3) is 0.400. The molecule has 0 aliphatic rings. The van der Waals surface area contributed by atoms with Gasteiger partial charge in [-0.2, -0.15) is 0 Å². The molecular weight excluding hydrogens is 340 g/mol. The number of urea groups is 1. The third kappa shape index (κ3) is 7.90. The van der Waals surface area contributed by atoms with Crippen LogP contribution in [0.2, 0.25) is 5.02 Å². The first-order valence-electron chi connectivity index (χ1n) is 7.09. The van der Waals surface area contributed by atoms with Crippen LogP contribution in [0, 0.1) is 0 Å². The second-order valence-corrected chi connectivity index (χ2v) is 6.14. The van der Waals surface area contributed by atoms with Crippen molar-refractivity contribution in [1.82, 2.24) is 10.6 Å². The predicted molar refractivity (Wildman–Crippen MR) is 89.6 cm³/mol. The zero-order chi connectivity index (χ0) is 17.2. The van der Waals surface area contributed by atoms with Crippen molar-refractivity contribution < 1.29 is 19.1 Å². The zero-order valence-electron chi connectivity index (χ0n) is 12.9. The normalized spacial score (nSPS) is 11.4. The number of esters is 1. The number of carbonyl (C=O) groups is 3. The summed E-state index contributed by atoms with van der Waals surface area (Å²) in [6, 6.07) is 6.66. The van der Waals surface area contributed by atoms with E-state index in [-0.39, 0.29) is 6.42 Å². The molecule has 3 amide bonds. The van der Waals surface area contributed by atoms with Gasteiger partial charge in [0.25, 0.3) is 5.91 Å². The molecule has 0 aromatic heterocycles. The lowest BCUT2D eigenvalue weighted by molar-refractivity contribution is -0.154. The van der Waals surface area contributed by atoms with E-state index in [4.69, 9.17) is 16.3 Å². The van der Waals surface area contributed by atoms with Crippen LogP contribution in [0.25, 0.3) is 0 Å². The van der Waals surface area contributed by atoms with Crippen molar-refractivity contribution in [2.75, 3.05) is 12.3 Å². The van der Waals surface area contributed by atoms with Crippen molar-refractivity contribution in [1.29, 1.82) is 0 Å². The van der Waals surface area contributed by atoms with Gasteiger partial charge >= 0.3 is 12.0 Å². The van der Waals surface area contributed by atoms with Crippen molar-refractivity contribution >= 4 is 41.3 Å². The van der Waals surface area contributed by atoms with Crippen LogP contribution in [0.15, 0.2) is 29.2 Å². The van der Waals surface area contributed by atoms with Crippen LogP contribution >= 0.6 is 23.4 Å². The van der Waals surface area contributed by atoms with Crippen LogP contribution in [-0.4, -0.2) is 36.3 Å². The highest BCUT2D eigenvalue weighted by Crippen LogP contribution is 2.21. The van der Waals surface area contributed by atoms with Crippen LogP contribution in [0.4, 0.5) is 4.79 Å². The summed E-state index contributed by atoms with van der Waals surface area (Å²) in [5.41, 5.74) is 0. The van der Waals surface area contributed by atoms with Crippen molar-refractivity contribution in [2.24, 2.45) is 0 Å². The molecule has 126 valence electrons. The maximum absolute atomic E-state index is 11.7. The smallest absolute Gasteiger partial charge is 0.321 e. The molecule has 1 rings (SSSR count). The van der Waals surface area contributed by atoms with E-state index in [1.54, 1.807) is 19.1 Å². The van der Waals surface area contributed by atoms with E-state index < -0.39 is 24.0 Å². The van der Waals surface area contributed by atoms with Gasteiger partial charge in [-0.15, -0.1) is 11.8 Å². The molecule has 0 saturated carbocycles. The number of nitrogens with one attached hydrogen (secondary N) is 2. The molecule has 0 saturated heterocycles. The van der Waals surface area contributed by atoms with Crippen LogP contribution < -0.4 is 10.6 Å². The van der Waals surface area contributed by atoms with E-state index in [2.05, 4.69) is 10.6 Å². The molecule has 2 N–H and O–H groups in total. The largest absolute Gasteiger partial charge is 0.453 e. The van der Waals surface area contributed by atoms with Gasteiger partial charge in [-0.05, 0) is 38.1 Å². The molecule has 1 aromatic rings. The molecule has 6 nitrogen and oxygen atoms in total. The topological polar surface area (TPSA) is 84.5 Å². The summed E-state index contributed by atoms with van der Waals surface area (Å²) in [5.74, 6) is -0.634. The molecule has 1 aromatic carbocycles. The molecule has 1 atom stereocenters. The first-order chi connectivity index (χ1) is 10.9. The number of benzene rings is 1. The molecule has 0 unspecified atom stereocenters. The van der Waals surface area contributed by atoms with Gasteiger partial charge in [0.2, 0.25) is 0 Å². The van der Waals surface area contributed by atoms with Gasteiger partial charge in [-0.25, -0.2) is 4.79 Å². The highest BCUT2D eigenvalue weighted by atomic mass is 35.5. The lowest BCUT2D eigenvalue weighted by atomic mass is 10.3. The number of hydrogen-bond acceptors (Lipinski definition) is 5. The summed E-state index contributed by atoms with van der Waals surface area (Å²) in [4.78, 5) is 35.5. The van der Waals surface area contributed by atoms with Crippen LogP contribution in [0.1, 0.15) is 20.3 Å². The van der Waals surface area contributed by atoms with E-state index in [1.807, 2.05) is 12.1 Å². The fourth-order valence-corrected chi connectivity index (χ4v) is 2.47. The SMILES string of the molecule is CCNC(=O)NC(=O)[C@@H](C)OC(=O)CCSc1ccc(Cl)cc1. The highest BCUT2D eigenvalue weighted by molar-refractivity contribution is 7.99. The quantitative estimate of drug-likeness (QED) is 0.578. The van der Waals surface area contributed by atoms with Crippen molar-refractivity contribution in [3.8, 4) is 0 Å². The maximum Gasteiger partial charge on any atom is 0.321 e. The van der Waals surface area contributed by atoms with Gasteiger partial charge in [-0.3, -0.25) is 14.9 Å². The number of thioether (sulfide) groups is 1. The van der Waals surface area contributed by atoms with E-state index >= 15 is 0 Å². The van der Waals surface area contributed by atoms with Gasteiger partial charge in [0, 0.05) is 22.2 Å². The van der Waals surface area contributed by atoms with Crippen LogP contribution in [0.5, 0.6) is 0 Å². The molecule has 0 spiro atoms. The molecule has 23 heavy (non-hydrogen) atoms. The number of carbonyl (C=O) groups excluding carboxylic acids is 3. The van der Waals surface area contributed by atoms with Crippen molar-refractivity contribution in [2.45, 2.75) is 31.3 Å². The minimum atomic E-state index is -1.02. The lowest BCUT2D eigenvalue weighted by Gasteiger charge is -2.13. The second-order valence-electron chi connectivity index (χ2n) is 4.53. The third-order valence-corrected chi connectivity index (χ3v) is 3.91. The molecule has 0 fully saturated rings. The van der Waals surface area contributed by atoms with Crippen LogP contribution in [-0.2, 0) is 14.3 Å². The molecule has 0 aliphatic carbocycles. The number of halogens is 1. The second kappa shape index (κ2) is 10.1. The van der Waals surface area contributed by atoms with Gasteiger partial charge < -0.3 is 10.1 Å². The number of imide groups is 1. The Morgan fingerprint density at radius 3 is 2.52 bits per heavy atom. The van der Waals surface area contributed by atoms with E-state index in [0.717, 1.165) is 4.90 Å². The molecular formula is C15H19ClN2O4S. The molecule has 0 radical (unpaired) electrons. The maximum atomic E-state index is 11.7. The van der Waals surface area contributed by atoms with Gasteiger partial charge in [0.1, 0.15) is 0 Å². The fourth-order valence-electron chi connectivity index (χ4n) is 1.51. The lowest BCUT2D eigenvalue weighted by Crippen LogP contribution is -2.44. The number of hydrogen-bond donors (Lipinski definition) is 2. The van der Waals surface area contributed by atoms with Crippen LogP contribution in [0.3, 0.4) is 0 Å². The monoisotopic (exact) mass is 358 g/mol.